The van der Waals surface area contributed by atoms with Crippen molar-refractivity contribution in [2.24, 2.45) is 0 Å². The molecule has 0 bridgehead atoms. The number of rotatable bonds is 7. The minimum absolute atomic E-state index is 0.0654. The topological polar surface area (TPSA) is 53.5 Å². The van der Waals surface area contributed by atoms with Gasteiger partial charge in [-0.3, -0.25) is 19.5 Å². The van der Waals surface area contributed by atoms with Crippen molar-refractivity contribution >= 4 is 17.4 Å². The van der Waals surface area contributed by atoms with Gasteiger partial charge in [0.2, 0.25) is 0 Å². The molecular formula is C26H30FN3O2. The zero-order valence-electron chi connectivity index (χ0n) is 18.6. The van der Waals surface area contributed by atoms with Crippen LogP contribution in [0.25, 0.3) is 5.57 Å². The number of nitrogens with zero attached hydrogens (tertiary/aromatic N) is 3. The highest BCUT2D eigenvalue weighted by Crippen LogP contribution is 2.36. The summed E-state index contributed by atoms with van der Waals surface area (Å²) in [6.07, 6.45) is 10.3. The summed E-state index contributed by atoms with van der Waals surface area (Å²) in [5, 5.41) is 0. The third-order valence-corrected chi connectivity index (χ3v) is 6.53. The van der Waals surface area contributed by atoms with E-state index in [1.165, 1.54) is 17.0 Å². The first-order valence-corrected chi connectivity index (χ1v) is 11.6. The van der Waals surface area contributed by atoms with Crippen LogP contribution in [0.5, 0.6) is 0 Å². The average molecular weight is 436 g/mol. The SMILES string of the molecule is CCN(CCc1ccncc1)C1=C(c2ccc(F)cc2)C(=O)N(C2CCCCCC2)C1=O. The van der Waals surface area contributed by atoms with Gasteiger partial charge in [0.15, 0.2) is 0 Å². The summed E-state index contributed by atoms with van der Waals surface area (Å²) < 4.78 is 13.6. The first-order valence-electron chi connectivity index (χ1n) is 11.6. The largest absolute Gasteiger partial charge is 0.366 e. The van der Waals surface area contributed by atoms with Crippen LogP contribution < -0.4 is 0 Å². The number of amides is 2. The number of likely N-dealkylation sites (N-methyl/N-ethyl adjacent to an activating group) is 1. The lowest BCUT2D eigenvalue weighted by atomic mass is 10.0. The second-order valence-corrected chi connectivity index (χ2v) is 8.54. The molecule has 2 amide bonds. The Bertz CT molecular complexity index is 980. The number of hydrogen-bond acceptors (Lipinski definition) is 4. The Morgan fingerprint density at radius 2 is 1.62 bits per heavy atom. The fourth-order valence-electron chi connectivity index (χ4n) is 4.79. The Kier molecular flexibility index (Phi) is 6.98. The van der Waals surface area contributed by atoms with Crippen LogP contribution in [0.2, 0.25) is 0 Å². The van der Waals surface area contributed by atoms with Crippen molar-refractivity contribution in [3.05, 3.63) is 71.4 Å². The highest BCUT2D eigenvalue weighted by molar-refractivity contribution is 6.35. The maximum atomic E-state index is 13.7. The quantitative estimate of drug-likeness (QED) is 0.472. The van der Waals surface area contributed by atoms with Crippen molar-refractivity contribution in [3.8, 4) is 0 Å². The lowest BCUT2D eigenvalue weighted by Gasteiger charge is -2.28. The normalized spacial score (nSPS) is 17.8. The molecule has 32 heavy (non-hydrogen) atoms. The molecule has 1 fully saturated rings. The van der Waals surface area contributed by atoms with Crippen molar-refractivity contribution in [2.75, 3.05) is 13.1 Å². The molecule has 0 saturated heterocycles. The monoisotopic (exact) mass is 435 g/mol. The number of hydrogen-bond donors (Lipinski definition) is 0. The van der Waals surface area contributed by atoms with Gasteiger partial charge in [0.1, 0.15) is 11.5 Å². The van der Waals surface area contributed by atoms with Gasteiger partial charge in [0.25, 0.3) is 11.8 Å². The summed E-state index contributed by atoms with van der Waals surface area (Å²) >= 11 is 0. The third-order valence-electron chi connectivity index (χ3n) is 6.53. The minimum Gasteiger partial charge on any atom is -0.366 e. The second-order valence-electron chi connectivity index (χ2n) is 8.54. The van der Waals surface area contributed by atoms with E-state index < -0.39 is 0 Å². The molecular weight excluding hydrogens is 405 g/mol. The van der Waals surface area contributed by atoms with Gasteiger partial charge in [-0.2, -0.15) is 0 Å². The van der Waals surface area contributed by atoms with Gasteiger partial charge in [-0.25, -0.2) is 4.39 Å². The number of benzene rings is 1. The van der Waals surface area contributed by atoms with Crippen molar-refractivity contribution < 1.29 is 14.0 Å². The Morgan fingerprint density at radius 3 is 2.25 bits per heavy atom. The molecule has 0 radical (unpaired) electrons. The standard InChI is InChI=1S/C26H30FN3O2/c1-2-29(18-15-19-13-16-28-17-14-19)24-23(20-9-11-21(27)12-10-20)25(31)30(26(24)32)22-7-5-3-4-6-8-22/h9-14,16-17,22H,2-8,15,18H2,1H3. The van der Waals surface area contributed by atoms with Crippen LogP contribution in [0.1, 0.15) is 56.6 Å². The molecule has 0 N–H and O–H groups in total. The Morgan fingerprint density at radius 1 is 0.969 bits per heavy atom. The number of pyridine rings is 1. The predicted octanol–water partition coefficient (Wildman–Crippen LogP) is 4.59. The summed E-state index contributed by atoms with van der Waals surface area (Å²) in [6, 6.07) is 9.75. The molecule has 2 heterocycles. The van der Waals surface area contributed by atoms with Crippen molar-refractivity contribution in [1.82, 2.24) is 14.8 Å². The minimum atomic E-state index is -0.363. The van der Waals surface area contributed by atoms with Crippen LogP contribution in [0.3, 0.4) is 0 Å². The zero-order chi connectivity index (χ0) is 22.5. The van der Waals surface area contributed by atoms with Gasteiger partial charge >= 0.3 is 0 Å². The van der Waals surface area contributed by atoms with Gasteiger partial charge < -0.3 is 4.90 Å². The van der Waals surface area contributed by atoms with E-state index in [9.17, 15) is 14.0 Å². The Labute approximate surface area is 188 Å². The molecule has 1 aromatic heterocycles. The maximum Gasteiger partial charge on any atom is 0.278 e. The van der Waals surface area contributed by atoms with Crippen LogP contribution in [0.15, 0.2) is 54.5 Å². The van der Waals surface area contributed by atoms with Crippen LogP contribution in [0, 0.1) is 5.82 Å². The fraction of sp³-hybridized carbons (Fsp3) is 0.423. The van der Waals surface area contributed by atoms with Crippen LogP contribution in [-0.4, -0.2) is 45.7 Å². The highest BCUT2D eigenvalue weighted by atomic mass is 19.1. The van der Waals surface area contributed by atoms with Crippen molar-refractivity contribution in [2.45, 2.75) is 57.9 Å². The molecule has 1 aromatic carbocycles. The molecule has 0 unspecified atom stereocenters. The van der Waals surface area contributed by atoms with E-state index in [2.05, 4.69) is 4.98 Å². The zero-order valence-corrected chi connectivity index (χ0v) is 18.6. The number of imide groups is 1. The molecule has 0 atom stereocenters. The molecule has 1 saturated carbocycles. The van der Waals surface area contributed by atoms with Gasteiger partial charge in [0.05, 0.1) is 5.57 Å². The lowest BCUT2D eigenvalue weighted by Crippen LogP contribution is -2.42. The van der Waals surface area contributed by atoms with Crippen LogP contribution >= 0.6 is 0 Å². The molecule has 168 valence electrons. The lowest BCUT2D eigenvalue weighted by molar-refractivity contribution is -0.140. The van der Waals surface area contributed by atoms with Crippen LogP contribution in [-0.2, 0) is 16.0 Å². The first-order chi connectivity index (χ1) is 15.6. The third kappa shape index (κ3) is 4.59. The summed E-state index contributed by atoms with van der Waals surface area (Å²) in [7, 11) is 0. The van der Waals surface area contributed by atoms with E-state index in [-0.39, 0.29) is 23.7 Å². The number of carbonyl (C=O) groups excluding carboxylic acids is 2. The molecule has 1 aliphatic carbocycles. The van der Waals surface area contributed by atoms with Crippen molar-refractivity contribution in [1.29, 1.82) is 0 Å². The number of aromatic nitrogens is 1. The van der Waals surface area contributed by atoms with E-state index in [0.29, 0.717) is 29.9 Å². The summed E-state index contributed by atoms with van der Waals surface area (Å²) in [5.74, 6) is -0.818. The Balaban J connectivity index is 1.69. The maximum absolute atomic E-state index is 13.7. The molecule has 4 rings (SSSR count). The van der Waals surface area contributed by atoms with Gasteiger partial charge in [-0.15, -0.1) is 0 Å². The van der Waals surface area contributed by atoms with Crippen LogP contribution in [0.4, 0.5) is 4.39 Å². The first kappa shape index (κ1) is 22.2. The van der Waals surface area contributed by atoms with E-state index in [4.69, 9.17) is 0 Å². The number of halogens is 1. The van der Waals surface area contributed by atoms with Gasteiger partial charge in [-0.05, 0) is 61.6 Å². The fourth-order valence-corrected chi connectivity index (χ4v) is 4.79. The molecule has 6 heteroatoms. The van der Waals surface area contributed by atoms with Crippen molar-refractivity contribution in [3.63, 3.8) is 0 Å². The second kappa shape index (κ2) is 10.1. The smallest absolute Gasteiger partial charge is 0.278 e. The van der Waals surface area contributed by atoms with E-state index in [1.807, 2.05) is 24.0 Å². The molecule has 2 aromatic rings. The van der Waals surface area contributed by atoms with Gasteiger partial charge in [0, 0.05) is 31.5 Å². The predicted molar refractivity (Wildman–Crippen MR) is 122 cm³/mol. The molecule has 1 aliphatic heterocycles. The molecule has 0 spiro atoms. The van der Waals surface area contributed by atoms with E-state index >= 15 is 0 Å². The molecule has 5 nitrogen and oxygen atoms in total. The highest BCUT2D eigenvalue weighted by Gasteiger charge is 2.44. The number of carbonyl (C=O) groups is 2. The van der Waals surface area contributed by atoms with E-state index in [0.717, 1.165) is 50.5 Å². The van der Waals surface area contributed by atoms with E-state index in [1.54, 1.807) is 24.5 Å². The summed E-state index contributed by atoms with van der Waals surface area (Å²) in [6.45, 7) is 3.20. The summed E-state index contributed by atoms with van der Waals surface area (Å²) in [5.41, 5.74) is 2.57. The average Bonchev–Trinajstić information content (AvgIpc) is 2.97. The molecule has 2 aliphatic rings. The Hall–Kier alpha value is -3.02. The van der Waals surface area contributed by atoms with Gasteiger partial charge in [-0.1, -0.05) is 37.8 Å². The summed E-state index contributed by atoms with van der Waals surface area (Å²) in [4.78, 5) is 34.9.